The second-order valence-electron chi connectivity index (χ2n) is 4.86. The molecule has 0 saturated carbocycles. The number of nitrogens with zero attached hydrogens (tertiary/aromatic N) is 1. The molecule has 0 fully saturated rings. The van der Waals surface area contributed by atoms with Gasteiger partial charge in [0.05, 0.1) is 5.69 Å². The molecule has 21 heavy (non-hydrogen) atoms. The van der Waals surface area contributed by atoms with Gasteiger partial charge in [0.25, 0.3) is 0 Å². The lowest BCUT2D eigenvalue weighted by Crippen LogP contribution is -2.23. The molecule has 1 heterocycles. The molecule has 0 spiro atoms. The molecule has 2 rings (SSSR count). The number of benzene rings is 1. The summed E-state index contributed by atoms with van der Waals surface area (Å²) in [7, 11) is -0.356. The van der Waals surface area contributed by atoms with E-state index in [1.807, 2.05) is 6.07 Å². The Balaban J connectivity index is 2.21. The predicted molar refractivity (Wildman–Crippen MR) is 88.3 cm³/mol. The first-order valence-corrected chi connectivity index (χ1v) is 9.04. The first kappa shape index (κ1) is 16.0. The Morgan fingerprint density at radius 3 is 2.38 bits per heavy atom. The van der Waals surface area contributed by atoms with E-state index in [0.717, 1.165) is 6.42 Å². The fourth-order valence-corrected chi connectivity index (χ4v) is 3.88. The van der Waals surface area contributed by atoms with Gasteiger partial charge in [-0.2, -0.15) is 0 Å². The van der Waals surface area contributed by atoms with Crippen molar-refractivity contribution in [3.05, 3.63) is 46.2 Å². The normalized spacial score (nSPS) is 11.8. The number of nitrogens with one attached hydrogen (secondary N) is 1. The van der Waals surface area contributed by atoms with Crippen molar-refractivity contribution in [2.45, 2.75) is 24.8 Å². The fraction of sp³-hybridized carbons (Fsp3) is 0.333. The molecule has 1 aromatic heterocycles. The summed E-state index contributed by atoms with van der Waals surface area (Å²) in [6, 6.07) is 11.2. The van der Waals surface area contributed by atoms with Gasteiger partial charge in [0.1, 0.15) is 4.90 Å². The number of thiophene rings is 1. The number of rotatable bonds is 6. The van der Waals surface area contributed by atoms with Crippen LogP contribution in [-0.2, 0) is 23.0 Å². The number of hydrogen-bond acceptors (Lipinski definition) is 4. The average Bonchev–Trinajstić information content (AvgIpc) is 2.93. The van der Waals surface area contributed by atoms with E-state index >= 15 is 0 Å². The maximum atomic E-state index is 12.3. The molecule has 2 aromatic rings. The Morgan fingerprint density at radius 1 is 1.10 bits per heavy atom. The minimum atomic E-state index is -3.44. The molecule has 0 unspecified atom stereocenters. The van der Waals surface area contributed by atoms with Gasteiger partial charge in [-0.05, 0) is 30.7 Å². The van der Waals surface area contributed by atoms with Gasteiger partial charge in [-0.15, -0.1) is 11.3 Å². The Morgan fingerprint density at radius 2 is 1.76 bits per heavy atom. The van der Waals surface area contributed by atoms with E-state index in [1.165, 1.54) is 14.1 Å². The van der Waals surface area contributed by atoms with Crippen LogP contribution in [0.15, 0.2) is 41.3 Å². The van der Waals surface area contributed by atoms with E-state index in [2.05, 4.69) is 24.4 Å². The Hall–Kier alpha value is -1.37. The van der Waals surface area contributed by atoms with Crippen LogP contribution in [0.25, 0.3) is 0 Å². The fourth-order valence-electron chi connectivity index (χ4n) is 1.92. The number of aryl methyl sites for hydroxylation is 1. The lowest BCUT2D eigenvalue weighted by molar-refractivity contribution is 0.521. The molecule has 0 amide bonds. The molecule has 1 aromatic carbocycles. The molecule has 0 saturated heterocycles. The van der Waals surface area contributed by atoms with Crippen LogP contribution in [-0.4, -0.2) is 26.8 Å². The summed E-state index contributed by atoms with van der Waals surface area (Å²) in [4.78, 5) is 2.84. The van der Waals surface area contributed by atoms with Crippen LogP contribution in [0.4, 0.5) is 5.69 Å². The maximum Gasteiger partial charge on any atom is 0.244 e. The van der Waals surface area contributed by atoms with E-state index in [9.17, 15) is 8.42 Å². The van der Waals surface area contributed by atoms with Gasteiger partial charge in [0, 0.05) is 30.4 Å². The van der Waals surface area contributed by atoms with E-state index in [-0.39, 0.29) is 0 Å². The van der Waals surface area contributed by atoms with Gasteiger partial charge in [0.2, 0.25) is 10.0 Å². The molecule has 0 aliphatic carbocycles. The molecule has 0 bridgehead atoms. The maximum absolute atomic E-state index is 12.3. The molecular formula is C15H20N2O2S2. The second-order valence-corrected chi connectivity index (χ2v) is 8.23. The monoisotopic (exact) mass is 324 g/mol. The molecule has 6 heteroatoms. The average molecular weight is 324 g/mol. The third-order valence-corrected chi connectivity index (χ3v) is 6.27. The van der Waals surface area contributed by atoms with Gasteiger partial charge >= 0.3 is 0 Å². The van der Waals surface area contributed by atoms with Crippen LogP contribution in [0.2, 0.25) is 0 Å². The van der Waals surface area contributed by atoms with E-state index < -0.39 is 10.0 Å². The van der Waals surface area contributed by atoms with E-state index in [0.29, 0.717) is 17.1 Å². The van der Waals surface area contributed by atoms with Gasteiger partial charge < -0.3 is 5.32 Å². The minimum absolute atomic E-state index is 0.308. The van der Waals surface area contributed by atoms with Gasteiger partial charge in [0.15, 0.2) is 0 Å². The highest BCUT2D eigenvalue weighted by atomic mass is 32.2. The summed E-state index contributed by atoms with van der Waals surface area (Å²) < 4.78 is 25.8. The van der Waals surface area contributed by atoms with Crippen LogP contribution in [0.5, 0.6) is 0 Å². The highest BCUT2D eigenvalue weighted by Gasteiger charge is 2.20. The lowest BCUT2D eigenvalue weighted by Gasteiger charge is -2.15. The van der Waals surface area contributed by atoms with Crippen molar-refractivity contribution in [2.75, 3.05) is 19.4 Å². The van der Waals surface area contributed by atoms with Crippen molar-refractivity contribution in [3.63, 3.8) is 0 Å². The van der Waals surface area contributed by atoms with Gasteiger partial charge in [-0.1, -0.05) is 19.1 Å². The Labute approximate surface area is 130 Å². The number of sulfonamides is 1. The first-order valence-electron chi connectivity index (χ1n) is 6.78. The summed E-state index contributed by atoms with van der Waals surface area (Å²) >= 11 is 1.75. The van der Waals surface area contributed by atoms with Crippen molar-refractivity contribution >= 4 is 27.0 Å². The van der Waals surface area contributed by atoms with Crippen LogP contribution in [0.3, 0.4) is 0 Å². The van der Waals surface area contributed by atoms with E-state index in [1.54, 1.807) is 43.6 Å². The highest BCUT2D eigenvalue weighted by molar-refractivity contribution is 7.89. The van der Waals surface area contributed by atoms with Crippen LogP contribution in [0, 0.1) is 0 Å². The zero-order valence-corrected chi connectivity index (χ0v) is 14.1. The van der Waals surface area contributed by atoms with Crippen LogP contribution < -0.4 is 5.32 Å². The third-order valence-electron chi connectivity index (χ3n) is 3.16. The SMILES string of the molecule is CCc1ccc(CNc2ccccc2S(=O)(=O)N(C)C)s1. The summed E-state index contributed by atoms with van der Waals surface area (Å²) in [6.07, 6.45) is 1.02. The summed E-state index contributed by atoms with van der Waals surface area (Å²) in [6.45, 7) is 2.76. The molecule has 0 aliphatic heterocycles. The third kappa shape index (κ3) is 3.64. The van der Waals surface area contributed by atoms with E-state index in [4.69, 9.17) is 0 Å². The van der Waals surface area contributed by atoms with Crippen molar-refractivity contribution in [2.24, 2.45) is 0 Å². The topological polar surface area (TPSA) is 49.4 Å². The first-order chi connectivity index (χ1) is 9.95. The second kappa shape index (κ2) is 6.60. The zero-order valence-electron chi connectivity index (χ0n) is 12.5. The Kier molecular flexibility index (Phi) is 5.03. The minimum Gasteiger partial charge on any atom is -0.379 e. The molecule has 0 aliphatic rings. The summed E-state index contributed by atoms with van der Waals surface area (Å²) in [5, 5.41) is 3.23. The molecule has 0 atom stereocenters. The molecular weight excluding hydrogens is 304 g/mol. The van der Waals surface area contributed by atoms with Crippen molar-refractivity contribution < 1.29 is 8.42 Å². The molecule has 4 nitrogen and oxygen atoms in total. The van der Waals surface area contributed by atoms with Crippen molar-refractivity contribution in [3.8, 4) is 0 Å². The van der Waals surface area contributed by atoms with Crippen molar-refractivity contribution in [1.29, 1.82) is 0 Å². The summed E-state index contributed by atoms with van der Waals surface area (Å²) in [5.74, 6) is 0. The quantitative estimate of drug-likeness (QED) is 0.888. The van der Waals surface area contributed by atoms with Crippen LogP contribution in [0.1, 0.15) is 16.7 Å². The number of para-hydroxylation sites is 1. The van der Waals surface area contributed by atoms with Gasteiger partial charge in [-0.3, -0.25) is 0 Å². The zero-order chi connectivity index (χ0) is 15.5. The lowest BCUT2D eigenvalue weighted by atomic mass is 10.3. The standard InChI is InChI=1S/C15H20N2O2S2/c1-4-12-9-10-13(20-12)11-16-14-7-5-6-8-15(14)21(18,19)17(2)3/h5-10,16H,4,11H2,1-3H3. The van der Waals surface area contributed by atoms with Crippen LogP contribution >= 0.6 is 11.3 Å². The predicted octanol–water partition coefficient (Wildman–Crippen LogP) is 3.17. The summed E-state index contributed by atoms with van der Waals surface area (Å²) in [5.41, 5.74) is 0.637. The van der Waals surface area contributed by atoms with Crippen molar-refractivity contribution in [1.82, 2.24) is 4.31 Å². The molecule has 114 valence electrons. The van der Waals surface area contributed by atoms with Gasteiger partial charge in [-0.25, -0.2) is 12.7 Å². The number of anilines is 1. The molecule has 1 N–H and O–H groups in total. The largest absolute Gasteiger partial charge is 0.379 e. The smallest absolute Gasteiger partial charge is 0.244 e. The Bertz CT molecular complexity index is 706. The number of hydrogen-bond donors (Lipinski definition) is 1. The molecule has 0 radical (unpaired) electrons. The highest BCUT2D eigenvalue weighted by Crippen LogP contribution is 2.25.